The van der Waals surface area contributed by atoms with Gasteiger partial charge in [0.05, 0.1) is 11.3 Å². The van der Waals surface area contributed by atoms with Crippen LogP contribution in [0.2, 0.25) is 5.02 Å². The first-order valence-electron chi connectivity index (χ1n) is 5.79. The van der Waals surface area contributed by atoms with Crippen molar-refractivity contribution in [3.05, 3.63) is 28.8 Å². The maximum atomic E-state index is 8.94. The van der Waals surface area contributed by atoms with E-state index < -0.39 is 0 Å². The van der Waals surface area contributed by atoms with Crippen molar-refractivity contribution in [1.82, 2.24) is 0 Å². The highest BCUT2D eigenvalue weighted by Crippen LogP contribution is 2.19. The first kappa shape index (κ1) is 13.8. The van der Waals surface area contributed by atoms with Crippen LogP contribution in [0.25, 0.3) is 0 Å². The third kappa shape index (κ3) is 5.08. The summed E-state index contributed by atoms with van der Waals surface area (Å²) in [7, 11) is 0. The van der Waals surface area contributed by atoms with Crippen molar-refractivity contribution in [2.75, 3.05) is 25.1 Å². The Balaban J connectivity index is 2.34. The van der Waals surface area contributed by atoms with Crippen LogP contribution in [0.4, 0.5) is 5.69 Å². The monoisotopic (exact) mass is 252 g/mol. The molecule has 1 aromatic carbocycles. The summed E-state index contributed by atoms with van der Waals surface area (Å²) >= 11 is 5.82. The molecule has 3 nitrogen and oxygen atoms in total. The third-order valence-corrected chi connectivity index (χ3v) is 2.47. The molecule has 0 amide bonds. The molecule has 0 saturated heterocycles. The number of rotatable bonds is 7. The van der Waals surface area contributed by atoms with Crippen LogP contribution in [0.1, 0.15) is 25.3 Å². The van der Waals surface area contributed by atoms with Crippen molar-refractivity contribution < 1.29 is 4.74 Å². The van der Waals surface area contributed by atoms with Gasteiger partial charge in [0.2, 0.25) is 0 Å². The maximum Gasteiger partial charge on any atom is 0.101 e. The summed E-state index contributed by atoms with van der Waals surface area (Å²) < 4.78 is 5.37. The van der Waals surface area contributed by atoms with Gasteiger partial charge in [0.25, 0.3) is 0 Å². The van der Waals surface area contributed by atoms with Crippen molar-refractivity contribution in [2.24, 2.45) is 0 Å². The Morgan fingerprint density at radius 1 is 1.41 bits per heavy atom. The molecule has 0 aliphatic carbocycles. The molecule has 1 rings (SSSR count). The molecular weight excluding hydrogens is 236 g/mol. The average Bonchev–Trinajstić information content (AvgIpc) is 2.35. The summed E-state index contributed by atoms with van der Waals surface area (Å²) in [5, 5.41) is 12.7. The summed E-state index contributed by atoms with van der Waals surface area (Å²) in [5.74, 6) is 0. The van der Waals surface area contributed by atoms with Gasteiger partial charge >= 0.3 is 0 Å². The van der Waals surface area contributed by atoms with Crippen molar-refractivity contribution >= 4 is 17.3 Å². The van der Waals surface area contributed by atoms with E-state index in [2.05, 4.69) is 18.3 Å². The molecule has 1 N–H and O–H groups in total. The van der Waals surface area contributed by atoms with Crippen molar-refractivity contribution in [3.63, 3.8) is 0 Å². The second kappa shape index (κ2) is 7.94. The molecule has 0 saturated carbocycles. The van der Waals surface area contributed by atoms with Gasteiger partial charge in [-0.2, -0.15) is 5.26 Å². The zero-order chi connectivity index (χ0) is 12.5. The van der Waals surface area contributed by atoms with E-state index in [1.807, 2.05) is 6.07 Å². The zero-order valence-corrected chi connectivity index (χ0v) is 10.8. The van der Waals surface area contributed by atoms with Crippen molar-refractivity contribution in [1.29, 1.82) is 5.26 Å². The van der Waals surface area contributed by atoms with E-state index >= 15 is 0 Å². The summed E-state index contributed by atoms with van der Waals surface area (Å²) in [6.45, 7) is 4.44. The second-order valence-corrected chi connectivity index (χ2v) is 4.13. The molecule has 0 aliphatic heterocycles. The van der Waals surface area contributed by atoms with E-state index in [9.17, 15) is 0 Å². The van der Waals surface area contributed by atoms with E-state index in [-0.39, 0.29) is 0 Å². The molecule has 0 unspecified atom stereocenters. The Labute approximate surface area is 107 Å². The maximum absolute atomic E-state index is 8.94. The van der Waals surface area contributed by atoms with Crippen LogP contribution < -0.4 is 5.32 Å². The van der Waals surface area contributed by atoms with Gasteiger partial charge < -0.3 is 10.1 Å². The Bertz CT molecular complexity index is 387. The van der Waals surface area contributed by atoms with E-state index in [4.69, 9.17) is 21.6 Å². The number of benzene rings is 1. The lowest BCUT2D eigenvalue weighted by Gasteiger charge is -2.08. The van der Waals surface area contributed by atoms with E-state index in [0.29, 0.717) is 10.6 Å². The molecule has 0 bridgehead atoms. The molecular formula is C13H17ClN2O. The minimum absolute atomic E-state index is 0.576. The van der Waals surface area contributed by atoms with Crippen LogP contribution in [0.15, 0.2) is 18.2 Å². The summed E-state index contributed by atoms with van der Waals surface area (Å²) in [6, 6.07) is 7.39. The van der Waals surface area contributed by atoms with Crippen LogP contribution in [0, 0.1) is 11.3 Å². The molecule has 0 fully saturated rings. The number of nitriles is 1. The lowest BCUT2D eigenvalue weighted by Crippen LogP contribution is -2.07. The fourth-order valence-electron chi connectivity index (χ4n) is 1.41. The van der Waals surface area contributed by atoms with Crippen molar-refractivity contribution in [2.45, 2.75) is 19.8 Å². The van der Waals surface area contributed by atoms with Crippen LogP contribution in [0.5, 0.6) is 0 Å². The highest BCUT2D eigenvalue weighted by atomic mass is 35.5. The fraction of sp³-hybridized carbons (Fsp3) is 0.462. The number of anilines is 1. The van der Waals surface area contributed by atoms with Gasteiger partial charge in [-0.15, -0.1) is 0 Å². The molecule has 0 radical (unpaired) electrons. The Kier molecular flexibility index (Phi) is 6.46. The molecule has 92 valence electrons. The van der Waals surface area contributed by atoms with Gasteiger partial charge in [0, 0.05) is 24.8 Å². The van der Waals surface area contributed by atoms with Gasteiger partial charge in [0.15, 0.2) is 0 Å². The van der Waals surface area contributed by atoms with Crippen LogP contribution in [0.3, 0.4) is 0 Å². The highest BCUT2D eigenvalue weighted by molar-refractivity contribution is 6.30. The first-order chi connectivity index (χ1) is 8.27. The summed E-state index contributed by atoms with van der Waals surface area (Å²) in [4.78, 5) is 0. The molecule has 4 heteroatoms. The lowest BCUT2D eigenvalue weighted by atomic mass is 10.2. The largest absolute Gasteiger partial charge is 0.384 e. The zero-order valence-electron chi connectivity index (χ0n) is 10.0. The normalized spacial score (nSPS) is 9.94. The molecule has 1 aromatic rings. The van der Waals surface area contributed by atoms with Gasteiger partial charge in [0.1, 0.15) is 6.07 Å². The van der Waals surface area contributed by atoms with Gasteiger partial charge in [-0.3, -0.25) is 0 Å². The predicted molar refractivity (Wildman–Crippen MR) is 70.4 cm³/mol. The third-order valence-electron chi connectivity index (χ3n) is 2.23. The topological polar surface area (TPSA) is 45.0 Å². The van der Waals surface area contributed by atoms with E-state index in [1.54, 1.807) is 12.1 Å². The minimum Gasteiger partial charge on any atom is -0.384 e. The number of nitrogens with one attached hydrogen (secondary N) is 1. The number of hydrogen-bond donors (Lipinski definition) is 1. The molecule has 0 atom stereocenters. The van der Waals surface area contributed by atoms with Crippen LogP contribution in [-0.4, -0.2) is 19.8 Å². The quantitative estimate of drug-likeness (QED) is 0.756. The average molecular weight is 253 g/mol. The Hall–Kier alpha value is -1.24. The van der Waals surface area contributed by atoms with E-state index in [0.717, 1.165) is 38.3 Å². The first-order valence-corrected chi connectivity index (χ1v) is 6.17. The predicted octanol–water partition coefficient (Wildman–Crippen LogP) is 3.44. The molecule has 0 spiro atoms. The van der Waals surface area contributed by atoms with Crippen LogP contribution in [-0.2, 0) is 4.74 Å². The number of hydrogen-bond acceptors (Lipinski definition) is 3. The SMILES string of the molecule is CCCOCCCNc1ccc(Cl)cc1C#N. The molecule has 0 aromatic heterocycles. The number of halogens is 1. The molecule has 0 heterocycles. The number of nitrogens with zero attached hydrogens (tertiary/aromatic N) is 1. The van der Waals surface area contributed by atoms with E-state index in [1.165, 1.54) is 0 Å². The Morgan fingerprint density at radius 2 is 2.24 bits per heavy atom. The standard InChI is InChI=1S/C13H17ClN2O/c1-2-7-17-8-3-6-16-13-5-4-12(14)9-11(13)10-15/h4-5,9,16H,2-3,6-8H2,1H3. The number of ether oxygens (including phenoxy) is 1. The van der Waals surface area contributed by atoms with Gasteiger partial charge in [-0.25, -0.2) is 0 Å². The summed E-state index contributed by atoms with van der Waals surface area (Å²) in [5.41, 5.74) is 1.40. The van der Waals surface area contributed by atoms with Gasteiger partial charge in [-0.05, 0) is 31.0 Å². The lowest BCUT2D eigenvalue weighted by molar-refractivity contribution is 0.134. The van der Waals surface area contributed by atoms with Crippen molar-refractivity contribution in [3.8, 4) is 6.07 Å². The van der Waals surface area contributed by atoms with Crippen LogP contribution >= 0.6 is 11.6 Å². The van der Waals surface area contributed by atoms with Gasteiger partial charge in [-0.1, -0.05) is 18.5 Å². The minimum atomic E-state index is 0.576. The fourth-order valence-corrected chi connectivity index (χ4v) is 1.58. The molecule has 17 heavy (non-hydrogen) atoms. The Morgan fingerprint density at radius 3 is 2.94 bits per heavy atom. The molecule has 0 aliphatic rings. The highest BCUT2D eigenvalue weighted by Gasteiger charge is 2.01. The smallest absolute Gasteiger partial charge is 0.101 e. The second-order valence-electron chi connectivity index (χ2n) is 3.69. The summed E-state index contributed by atoms with van der Waals surface area (Å²) in [6.07, 6.45) is 1.97.